The van der Waals surface area contributed by atoms with E-state index in [9.17, 15) is 21.2 Å². The lowest BCUT2D eigenvalue weighted by molar-refractivity contribution is 0.373. The van der Waals surface area contributed by atoms with E-state index in [4.69, 9.17) is 11.6 Å². The van der Waals surface area contributed by atoms with E-state index >= 15 is 0 Å². The largest absolute Gasteiger partial charge is 0.284 e. The van der Waals surface area contributed by atoms with Crippen molar-refractivity contribution in [1.82, 2.24) is 4.41 Å². The van der Waals surface area contributed by atoms with E-state index in [-0.39, 0.29) is 11.4 Å². The Morgan fingerprint density at radius 2 is 1.75 bits per heavy atom. The van der Waals surface area contributed by atoms with Gasteiger partial charge in [-0.1, -0.05) is 29.8 Å². The summed E-state index contributed by atoms with van der Waals surface area (Å²) in [6.07, 6.45) is 2.30. The van der Waals surface area contributed by atoms with Crippen LogP contribution in [0, 0.1) is 5.82 Å². The summed E-state index contributed by atoms with van der Waals surface area (Å²) in [5.41, 5.74) is 1.92. The molecule has 1 aliphatic heterocycles. The molecule has 0 bridgehead atoms. The zero-order valence-electron chi connectivity index (χ0n) is 14.9. The first kappa shape index (κ1) is 20.6. The van der Waals surface area contributed by atoms with E-state index < -0.39 is 31.9 Å². The Morgan fingerprint density at radius 3 is 2.29 bits per heavy atom. The van der Waals surface area contributed by atoms with Crippen molar-refractivity contribution in [3.05, 3.63) is 64.4 Å². The SMILES string of the molecule is CS(=O)(=O)Nc1ccc(C2=NN(S(C)(=O)=O)[C@@H](c3ccc(Cl)c(F)c3)C2)cc1. The van der Waals surface area contributed by atoms with E-state index in [2.05, 4.69) is 9.82 Å². The Labute approximate surface area is 167 Å². The fourth-order valence-electron chi connectivity index (χ4n) is 2.88. The van der Waals surface area contributed by atoms with Crippen LogP contribution in [0.4, 0.5) is 10.1 Å². The van der Waals surface area contributed by atoms with E-state index in [1.807, 2.05) is 0 Å². The predicted molar refractivity (Wildman–Crippen MR) is 107 cm³/mol. The topological polar surface area (TPSA) is 95.9 Å². The van der Waals surface area contributed by atoms with Gasteiger partial charge in [0, 0.05) is 12.1 Å². The molecule has 2 aromatic rings. The van der Waals surface area contributed by atoms with Crippen molar-refractivity contribution >= 4 is 43.0 Å². The number of hydrazone groups is 1. The Bertz CT molecular complexity index is 1150. The van der Waals surface area contributed by atoms with E-state index in [0.29, 0.717) is 22.5 Å². The monoisotopic (exact) mass is 445 g/mol. The highest BCUT2D eigenvalue weighted by Crippen LogP contribution is 2.35. The van der Waals surface area contributed by atoms with Crippen molar-refractivity contribution < 1.29 is 21.2 Å². The highest BCUT2D eigenvalue weighted by molar-refractivity contribution is 7.92. The quantitative estimate of drug-likeness (QED) is 0.765. The zero-order valence-corrected chi connectivity index (χ0v) is 17.3. The predicted octanol–water partition coefficient (Wildman–Crippen LogP) is 2.96. The molecule has 150 valence electrons. The summed E-state index contributed by atoms with van der Waals surface area (Å²) in [5, 5.41) is 4.16. The number of halogens is 2. The van der Waals surface area contributed by atoms with Gasteiger partial charge in [0.05, 0.1) is 29.3 Å². The van der Waals surface area contributed by atoms with Gasteiger partial charge in [-0.15, -0.1) is 0 Å². The molecule has 7 nitrogen and oxygen atoms in total. The van der Waals surface area contributed by atoms with E-state index in [1.165, 1.54) is 12.1 Å². The van der Waals surface area contributed by atoms with Crippen LogP contribution in [0.2, 0.25) is 5.02 Å². The molecule has 0 aliphatic carbocycles. The van der Waals surface area contributed by atoms with Gasteiger partial charge in [0.15, 0.2) is 0 Å². The Hall–Kier alpha value is -2.17. The molecule has 1 atom stereocenters. The fraction of sp³-hybridized carbons (Fsp3) is 0.235. The molecule has 0 spiro atoms. The summed E-state index contributed by atoms with van der Waals surface area (Å²) in [7, 11) is -7.10. The molecule has 1 heterocycles. The Balaban J connectivity index is 1.93. The number of nitrogens with one attached hydrogen (secondary N) is 1. The lowest BCUT2D eigenvalue weighted by Crippen LogP contribution is -2.26. The van der Waals surface area contributed by atoms with Crippen molar-refractivity contribution in [3.8, 4) is 0 Å². The number of anilines is 1. The Kier molecular flexibility index (Phi) is 5.39. The lowest BCUT2D eigenvalue weighted by Gasteiger charge is -2.21. The fourth-order valence-corrected chi connectivity index (χ4v) is 4.47. The van der Waals surface area contributed by atoms with Gasteiger partial charge in [-0.05, 0) is 35.4 Å². The number of rotatable bonds is 5. The molecular weight excluding hydrogens is 429 g/mol. The third-order valence-electron chi connectivity index (χ3n) is 4.06. The maximum atomic E-state index is 13.9. The molecule has 0 aromatic heterocycles. The van der Waals surface area contributed by atoms with Crippen LogP contribution < -0.4 is 4.72 Å². The molecule has 3 rings (SSSR count). The van der Waals surface area contributed by atoms with E-state index in [1.54, 1.807) is 30.3 Å². The van der Waals surface area contributed by atoms with Crippen LogP contribution in [0.15, 0.2) is 47.6 Å². The minimum Gasteiger partial charge on any atom is -0.284 e. The van der Waals surface area contributed by atoms with Crippen molar-refractivity contribution in [1.29, 1.82) is 0 Å². The summed E-state index contributed by atoms with van der Waals surface area (Å²) in [5.74, 6) is -0.641. The van der Waals surface area contributed by atoms with Gasteiger partial charge in [-0.3, -0.25) is 4.72 Å². The highest BCUT2D eigenvalue weighted by Gasteiger charge is 2.34. The normalized spacial score (nSPS) is 17.5. The molecule has 28 heavy (non-hydrogen) atoms. The summed E-state index contributed by atoms with van der Waals surface area (Å²) in [4.78, 5) is 0. The number of benzene rings is 2. The standard InChI is InChI=1S/C17H17ClFN3O4S2/c1-27(23,24)21-13-6-3-11(4-7-13)16-10-17(22(20-16)28(2,25)26)12-5-8-14(18)15(19)9-12/h3-9,17,21H,10H2,1-2H3/t17-/m1/s1. The van der Waals surface area contributed by atoms with E-state index in [0.717, 1.165) is 16.9 Å². The number of hydrogen-bond acceptors (Lipinski definition) is 5. The average molecular weight is 446 g/mol. The lowest BCUT2D eigenvalue weighted by atomic mass is 9.99. The Morgan fingerprint density at radius 1 is 1.11 bits per heavy atom. The molecule has 0 saturated carbocycles. The first-order chi connectivity index (χ1) is 12.9. The summed E-state index contributed by atoms with van der Waals surface area (Å²) in [6.45, 7) is 0. The van der Waals surface area contributed by atoms with Crippen LogP contribution in [-0.4, -0.2) is 39.5 Å². The van der Waals surface area contributed by atoms with Crippen LogP contribution in [0.1, 0.15) is 23.6 Å². The minimum atomic E-state index is -3.70. The number of sulfonamides is 2. The van der Waals surface area contributed by atoms with Crippen molar-refractivity contribution in [2.45, 2.75) is 12.5 Å². The third-order valence-corrected chi connectivity index (χ3v) is 5.99. The average Bonchev–Trinajstić information content (AvgIpc) is 3.02. The van der Waals surface area contributed by atoms with Crippen LogP contribution in [0.3, 0.4) is 0 Å². The summed E-state index contributed by atoms with van der Waals surface area (Å²) < 4.78 is 64.1. The van der Waals surface area contributed by atoms with Crippen molar-refractivity contribution in [3.63, 3.8) is 0 Å². The molecule has 1 aliphatic rings. The van der Waals surface area contributed by atoms with Gasteiger partial charge in [-0.2, -0.15) is 9.52 Å². The second-order valence-corrected chi connectivity index (χ2v) is 10.4. The molecule has 11 heteroatoms. The van der Waals surface area contributed by atoms with Gasteiger partial charge >= 0.3 is 0 Å². The third kappa shape index (κ3) is 4.62. The van der Waals surface area contributed by atoms with Gasteiger partial charge in [0.2, 0.25) is 20.0 Å². The molecule has 2 aromatic carbocycles. The van der Waals surface area contributed by atoms with Gasteiger partial charge < -0.3 is 0 Å². The van der Waals surface area contributed by atoms with Gasteiger partial charge in [0.1, 0.15) is 5.82 Å². The maximum absolute atomic E-state index is 13.9. The number of hydrogen-bond donors (Lipinski definition) is 1. The minimum absolute atomic E-state index is 0.0530. The first-order valence-electron chi connectivity index (χ1n) is 8.04. The van der Waals surface area contributed by atoms with Crippen molar-refractivity contribution in [2.24, 2.45) is 5.10 Å². The molecular formula is C17H17ClFN3O4S2. The molecule has 1 N–H and O–H groups in total. The smallest absolute Gasteiger partial charge is 0.247 e. The molecule has 0 amide bonds. The number of nitrogens with zero attached hydrogens (tertiary/aromatic N) is 2. The molecule has 0 unspecified atom stereocenters. The van der Waals surface area contributed by atoms with Crippen LogP contribution in [0.25, 0.3) is 0 Å². The van der Waals surface area contributed by atoms with Gasteiger partial charge in [0.25, 0.3) is 0 Å². The highest BCUT2D eigenvalue weighted by atomic mass is 35.5. The van der Waals surface area contributed by atoms with Crippen LogP contribution in [-0.2, 0) is 20.0 Å². The zero-order chi connectivity index (χ0) is 20.7. The molecule has 0 saturated heterocycles. The van der Waals surface area contributed by atoms with Gasteiger partial charge in [-0.25, -0.2) is 21.2 Å². The summed E-state index contributed by atoms with van der Waals surface area (Å²) >= 11 is 5.71. The second-order valence-electron chi connectivity index (χ2n) is 6.43. The molecule has 0 fully saturated rings. The van der Waals surface area contributed by atoms with Crippen molar-refractivity contribution in [2.75, 3.05) is 17.2 Å². The first-order valence-corrected chi connectivity index (χ1v) is 12.2. The second kappa shape index (κ2) is 7.34. The maximum Gasteiger partial charge on any atom is 0.247 e. The van der Waals surface area contributed by atoms with Crippen LogP contribution >= 0.6 is 11.6 Å². The molecule has 0 radical (unpaired) electrons. The van der Waals surface area contributed by atoms with Crippen LogP contribution in [0.5, 0.6) is 0 Å². The summed E-state index contributed by atoms with van der Waals surface area (Å²) in [6, 6.07) is 9.81.